The first-order chi connectivity index (χ1) is 13.5. The molecule has 150 valence electrons. The number of hydrogen-bond acceptors (Lipinski definition) is 2. The largest absolute Gasteiger partial charge is 0.394 e. The monoisotopic (exact) mass is 378 g/mol. The Morgan fingerprint density at radius 1 is 1.00 bits per heavy atom. The summed E-state index contributed by atoms with van der Waals surface area (Å²) >= 11 is 0. The average Bonchev–Trinajstić information content (AvgIpc) is 2.70. The molecule has 2 aromatic rings. The van der Waals surface area contributed by atoms with Crippen LogP contribution in [-0.4, -0.2) is 18.3 Å². The van der Waals surface area contributed by atoms with Crippen molar-refractivity contribution in [2.75, 3.05) is 13.2 Å². The van der Waals surface area contributed by atoms with Gasteiger partial charge in [0.2, 0.25) is 0 Å². The molecule has 0 spiro atoms. The molecule has 4 rings (SSSR count). The SMILES string of the molecule is CC1(C)[C@@H](C(OCCO)c2ccccc2)CC[C@]2(C)c3ccccc3CC[C@@H]12. The normalized spacial score (nSPS) is 29.6. The summed E-state index contributed by atoms with van der Waals surface area (Å²) in [5, 5.41) is 9.40. The first-order valence-corrected chi connectivity index (χ1v) is 10.8. The van der Waals surface area contributed by atoms with Gasteiger partial charge in [0.1, 0.15) is 0 Å². The zero-order chi connectivity index (χ0) is 19.8. The fourth-order valence-electron chi connectivity index (χ4n) is 6.50. The van der Waals surface area contributed by atoms with Gasteiger partial charge in [-0.3, -0.25) is 0 Å². The number of ether oxygens (including phenoxy) is 1. The van der Waals surface area contributed by atoms with Crippen molar-refractivity contribution in [3.8, 4) is 0 Å². The van der Waals surface area contributed by atoms with Gasteiger partial charge in [0.05, 0.1) is 19.3 Å². The molecule has 1 unspecified atom stereocenters. The van der Waals surface area contributed by atoms with Crippen LogP contribution < -0.4 is 0 Å². The van der Waals surface area contributed by atoms with Crippen molar-refractivity contribution in [1.82, 2.24) is 0 Å². The van der Waals surface area contributed by atoms with Crippen LogP contribution in [0.25, 0.3) is 0 Å². The van der Waals surface area contributed by atoms with Crippen LogP contribution in [0.4, 0.5) is 0 Å². The molecule has 1 N–H and O–H groups in total. The summed E-state index contributed by atoms with van der Waals surface area (Å²) in [4.78, 5) is 0. The number of benzene rings is 2. The Morgan fingerprint density at radius 2 is 1.71 bits per heavy atom. The number of hydrogen-bond donors (Lipinski definition) is 1. The summed E-state index contributed by atoms with van der Waals surface area (Å²) < 4.78 is 6.28. The van der Waals surface area contributed by atoms with Gasteiger partial charge in [0, 0.05) is 0 Å². The second-order valence-corrected chi connectivity index (χ2v) is 9.56. The third-order valence-corrected chi connectivity index (χ3v) is 7.81. The van der Waals surface area contributed by atoms with E-state index in [4.69, 9.17) is 4.74 Å². The van der Waals surface area contributed by atoms with E-state index in [9.17, 15) is 5.11 Å². The molecule has 1 saturated carbocycles. The van der Waals surface area contributed by atoms with E-state index in [1.165, 1.54) is 24.8 Å². The molecule has 2 aliphatic carbocycles. The Kier molecular flexibility index (Phi) is 5.37. The van der Waals surface area contributed by atoms with E-state index in [1.54, 1.807) is 11.1 Å². The van der Waals surface area contributed by atoms with Crippen molar-refractivity contribution < 1.29 is 9.84 Å². The minimum absolute atomic E-state index is 0.0464. The molecule has 4 atom stereocenters. The van der Waals surface area contributed by atoms with Gasteiger partial charge in [-0.2, -0.15) is 0 Å². The van der Waals surface area contributed by atoms with Gasteiger partial charge in [0.25, 0.3) is 0 Å². The van der Waals surface area contributed by atoms with Crippen molar-refractivity contribution in [2.24, 2.45) is 17.3 Å². The lowest BCUT2D eigenvalue weighted by Gasteiger charge is -2.59. The van der Waals surface area contributed by atoms with Crippen molar-refractivity contribution in [2.45, 2.75) is 58.0 Å². The lowest BCUT2D eigenvalue weighted by molar-refractivity contribution is -0.103. The van der Waals surface area contributed by atoms with Crippen molar-refractivity contribution in [3.05, 3.63) is 71.3 Å². The molecular weight excluding hydrogens is 344 g/mol. The number of rotatable bonds is 5. The number of aliphatic hydroxyl groups is 1. The van der Waals surface area contributed by atoms with Gasteiger partial charge in [-0.05, 0) is 65.0 Å². The summed E-state index contributed by atoms with van der Waals surface area (Å²) in [6, 6.07) is 19.7. The van der Waals surface area contributed by atoms with Crippen LogP contribution in [-0.2, 0) is 16.6 Å². The predicted molar refractivity (Wildman–Crippen MR) is 114 cm³/mol. The Labute approximate surface area is 169 Å². The van der Waals surface area contributed by atoms with Crippen molar-refractivity contribution in [1.29, 1.82) is 0 Å². The number of aliphatic hydroxyl groups excluding tert-OH is 1. The van der Waals surface area contributed by atoms with Crippen molar-refractivity contribution >= 4 is 0 Å². The van der Waals surface area contributed by atoms with E-state index in [0.717, 1.165) is 6.42 Å². The molecule has 0 saturated heterocycles. The van der Waals surface area contributed by atoms with E-state index >= 15 is 0 Å². The van der Waals surface area contributed by atoms with E-state index in [2.05, 4.69) is 75.4 Å². The van der Waals surface area contributed by atoms with E-state index in [1.807, 2.05) is 0 Å². The Morgan fingerprint density at radius 3 is 2.46 bits per heavy atom. The molecule has 2 aliphatic rings. The van der Waals surface area contributed by atoms with E-state index in [0.29, 0.717) is 18.4 Å². The molecule has 0 amide bonds. The summed E-state index contributed by atoms with van der Waals surface area (Å²) in [6.45, 7) is 7.90. The standard InChI is InChI=1S/C26H34O2/c1-25(2)22(24(28-18-17-27)20-10-5-4-6-11-20)15-16-26(3)21-12-8-7-9-19(21)13-14-23(25)26/h4-12,22-24,27H,13-18H2,1-3H3/t22-,23+,24?,26-/m1/s1. The van der Waals surface area contributed by atoms with Gasteiger partial charge in [-0.25, -0.2) is 0 Å². The zero-order valence-electron chi connectivity index (χ0n) is 17.5. The third-order valence-electron chi connectivity index (χ3n) is 7.81. The van der Waals surface area contributed by atoms with Crippen LogP contribution in [0.3, 0.4) is 0 Å². The van der Waals surface area contributed by atoms with Gasteiger partial charge in [0.15, 0.2) is 0 Å². The van der Waals surface area contributed by atoms with Crippen LogP contribution in [0.1, 0.15) is 62.8 Å². The second-order valence-electron chi connectivity index (χ2n) is 9.56. The third kappa shape index (κ3) is 3.21. The quantitative estimate of drug-likeness (QED) is 0.724. The number of aryl methyl sites for hydroxylation is 1. The van der Waals surface area contributed by atoms with Crippen molar-refractivity contribution in [3.63, 3.8) is 0 Å². The van der Waals surface area contributed by atoms with Crippen LogP contribution in [0.2, 0.25) is 0 Å². The van der Waals surface area contributed by atoms with Crippen LogP contribution in [0.5, 0.6) is 0 Å². The highest BCUT2D eigenvalue weighted by atomic mass is 16.5. The molecule has 1 fully saturated rings. The lowest BCUT2D eigenvalue weighted by atomic mass is 9.46. The van der Waals surface area contributed by atoms with E-state index in [-0.39, 0.29) is 23.5 Å². The van der Waals surface area contributed by atoms with Gasteiger partial charge in [-0.15, -0.1) is 0 Å². The molecule has 2 nitrogen and oxygen atoms in total. The van der Waals surface area contributed by atoms with Gasteiger partial charge >= 0.3 is 0 Å². The fraction of sp³-hybridized carbons (Fsp3) is 0.538. The molecule has 2 aromatic carbocycles. The minimum Gasteiger partial charge on any atom is -0.394 e. The first-order valence-electron chi connectivity index (χ1n) is 10.8. The average molecular weight is 379 g/mol. The predicted octanol–water partition coefficient (Wildman–Crippen LogP) is 5.69. The second kappa shape index (κ2) is 7.65. The first kappa shape index (κ1) is 19.7. The summed E-state index contributed by atoms with van der Waals surface area (Å²) in [7, 11) is 0. The topological polar surface area (TPSA) is 29.5 Å². The smallest absolute Gasteiger partial charge is 0.0859 e. The Balaban J connectivity index is 1.70. The molecule has 0 aromatic heterocycles. The summed E-state index contributed by atoms with van der Waals surface area (Å²) in [5.74, 6) is 1.09. The number of fused-ring (bicyclic) bond motifs is 3. The van der Waals surface area contributed by atoms with E-state index < -0.39 is 0 Å². The molecular formula is C26H34O2. The molecule has 2 heteroatoms. The lowest BCUT2D eigenvalue weighted by Crippen LogP contribution is -2.53. The molecule has 0 bridgehead atoms. The Bertz CT molecular complexity index is 797. The van der Waals surface area contributed by atoms with Crippen LogP contribution in [0.15, 0.2) is 54.6 Å². The van der Waals surface area contributed by atoms with Gasteiger partial charge < -0.3 is 9.84 Å². The van der Waals surface area contributed by atoms with Crippen LogP contribution in [0, 0.1) is 17.3 Å². The molecule has 28 heavy (non-hydrogen) atoms. The maximum absolute atomic E-state index is 9.40. The Hall–Kier alpha value is -1.64. The van der Waals surface area contributed by atoms with Crippen LogP contribution >= 0.6 is 0 Å². The highest BCUT2D eigenvalue weighted by Crippen LogP contribution is 2.61. The molecule has 0 aliphatic heterocycles. The zero-order valence-corrected chi connectivity index (χ0v) is 17.5. The maximum Gasteiger partial charge on any atom is 0.0859 e. The molecule has 0 heterocycles. The fourth-order valence-corrected chi connectivity index (χ4v) is 6.50. The molecule has 0 radical (unpaired) electrons. The minimum atomic E-state index is 0.0464. The highest BCUT2D eigenvalue weighted by molar-refractivity contribution is 5.39. The summed E-state index contributed by atoms with van der Waals surface area (Å²) in [5.41, 5.74) is 4.77. The van der Waals surface area contributed by atoms with Gasteiger partial charge in [-0.1, -0.05) is 75.4 Å². The highest BCUT2D eigenvalue weighted by Gasteiger charge is 2.55. The summed E-state index contributed by atoms with van der Waals surface area (Å²) in [6.07, 6.45) is 4.83. The maximum atomic E-state index is 9.40.